The minimum atomic E-state index is -0.763. The van der Waals surface area contributed by atoms with Gasteiger partial charge in [0.05, 0.1) is 0 Å². The van der Waals surface area contributed by atoms with Crippen LogP contribution in [0.15, 0.2) is 12.7 Å². The zero-order chi connectivity index (χ0) is 14.7. The molecule has 5 heteroatoms. The summed E-state index contributed by atoms with van der Waals surface area (Å²) in [4.78, 5) is 22.0. The molecule has 0 radical (unpaired) electrons. The van der Waals surface area contributed by atoms with Crippen molar-refractivity contribution in [2.45, 2.75) is 39.5 Å². The van der Waals surface area contributed by atoms with Crippen molar-refractivity contribution in [2.24, 2.45) is 11.8 Å². The van der Waals surface area contributed by atoms with Gasteiger partial charge in [-0.1, -0.05) is 19.9 Å². The molecular weight excluding hydrogens is 244 g/mol. The van der Waals surface area contributed by atoms with Gasteiger partial charge in [0.15, 0.2) is 0 Å². The quantitative estimate of drug-likeness (QED) is 0.421. The summed E-state index contributed by atoms with van der Waals surface area (Å²) < 4.78 is 0. The molecule has 0 aromatic heterocycles. The van der Waals surface area contributed by atoms with Gasteiger partial charge in [0, 0.05) is 19.5 Å². The zero-order valence-corrected chi connectivity index (χ0v) is 11.9. The van der Waals surface area contributed by atoms with Gasteiger partial charge in [-0.15, -0.1) is 6.58 Å². The second kappa shape index (κ2) is 10.4. The normalized spacial score (nSPS) is 11.9. The van der Waals surface area contributed by atoms with Crippen molar-refractivity contribution in [1.29, 1.82) is 0 Å². The van der Waals surface area contributed by atoms with Crippen LogP contribution in [0.4, 0.5) is 4.79 Å². The molecule has 0 rings (SSSR count). The van der Waals surface area contributed by atoms with Crippen molar-refractivity contribution >= 4 is 12.0 Å². The van der Waals surface area contributed by atoms with Crippen LogP contribution < -0.4 is 10.6 Å². The highest BCUT2D eigenvalue weighted by atomic mass is 16.4. The number of carboxylic acids is 1. The van der Waals surface area contributed by atoms with E-state index in [-0.39, 0.29) is 12.5 Å². The Kier molecular flexibility index (Phi) is 9.57. The molecule has 19 heavy (non-hydrogen) atoms. The van der Waals surface area contributed by atoms with E-state index in [4.69, 9.17) is 5.11 Å². The smallest absolute Gasteiger partial charge is 0.314 e. The number of carbonyl (C=O) groups excluding carboxylic acids is 1. The van der Waals surface area contributed by atoms with Crippen LogP contribution >= 0.6 is 0 Å². The van der Waals surface area contributed by atoms with Crippen molar-refractivity contribution in [3.63, 3.8) is 0 Å². The number of hydrogen-bond donors (Lipinski definition) is 3. The zero-order valence-electron chi connectivity index (χ0n) is 11.9. The summed E-state index contributed by atoms with van der Waals surface area (Å²) in [5.41, 5.74) is 0. The number of nitrogens with one attached hydrogen (secondary N) is 2. The first kappa shape index (κ1) is 17.5. The Labute approximate surface area is 115 Å². The maximum absolute atomic E-state index is 11.4. The molecule has 1 unspecified atom stereocenters. The van der Waals surface area contributed by atoms with Gasteiger partial charge < -0.3 is 15.7 Å². The summed E-state index contributed by atoms with van der Waals surface area (Å²) >= 11 is 0. The third-order valence-corrected chi connectivity index (χ3v) is 3.11. The Hall–Kier alpha value is -1.52. The van der Waals surface area contributed by atoms with Crippen molar-refractivity contribution in [2.75, 3.05) is 13.1 Å². The fraction of sp³-hybridized carbons (Fsp3) is 0.714. The maximum atomic E-state index is 11.4. The van der Waals surface area contributed by atoms with Gasteiger partial charge in [-0.05, 0) is 31.1 Å². The first-order valence-electron chi connectivity index (χ1n) is 6.81. The van der Waals surface area contributed by atoms with Crippen molar-refractivity contribution in [1.82, 2.24) is 10.6 Å². The molecule has 3 N–H and O–H groups in total. The van der Waals surface area contributed by atoms with E-state index in [0.717, 1.165) is 12.8 Å². The highest BCUT2D eigenvalue weighted by Crippen LogP contribution is 2.20. The third-order valence-electron chi connectivity index (χ3n) is 3.11. The molecule has 2 amide bonds. The monoisotopic (exact) mass is 270 g/mol. The molecule has 0 aliphatic heterocycles. The van der Waals surface area contributed by atoms with Gasteiger partial charge in [0.2, 0.25) is 0 Å². The Balaban J connectivity index is 3.82. The molecule has 1 atom stereocenters. The molecule has 5 nitrogen and oxygen atoms in total. The van der Waals surface area contributed by atoms with Crippen LogP contribution in [0.3, 0.4) is 0 Å². The SMILES string of the molecule is C=CCCNC(=O)NCCC(CCC(=O)O)C(C)C. The average Bonchev–Trinajstić information content (AvgIpc) is 2.33. The van der Waals surface area contributed by atoms with Crippen molar-refractivity contribution in [3.05, 3.63) is 12.7 Å². The molecule has 0 aliphatic rings. The molecule has 0 aliphatic carbocycles. The molecule has 0 saturated carbocycles. The van der Waals surface area contributed by atoms with E-state index in [1.54, 1.807) is 6.08 Å². The fourth-order valence-corrected chi connectivity index (χ4v) is 1.84. The largest absolute Gasteiger partial charge is 0.481 e. The fourth-order valence-electron chi connectivity index (χ4n) is 1.84. The molecule has 0 aromatic rings. The van der Waals surface area contributed by atoms with Gasteiger partial charge in [-0.25, -0.2) is 4.79 Å². The number of amides is 2. The van der Waals surface area contributed by atoms with Crippen molar-refractivity contribution < 1.29 is 14.7 Å². The number of carboxylic acid groups (broad SMARTS) is 1. The Bertz CT molecular complexity index is 290. The Morgan fingerprint density at radius 3 is 2.37 bits per heavy atom. The second-order valence-electron chi connectivity index (χ2n) is 4.99. The molecule has 0 bridgehead atoms. The van der Waals surface area contributed by atoms with Crippen LogP contribution in [0, 0.1) is 11.8 Å². The van der Waals surface area contributed by atoms with Gasteiger partial charge >= 0.3 is 12.0 Å². The topological polar surface area (TPSA) is 78.4 Å². The van der Waals surface area contributed by atoms with E-state index in [1.165, 1.54) is 0 Å². The number of hydrogen-bond acceptors (Lipinski definition) is 2. The lowest BCUT2D eigenvalue weighted by atomic mass is 9.88. The highest BCUT2D eigenvalue weighted by molar-refractivity contribution is 5.73. The lowest BCUT2D eigenvalue weighted by Crippen LogP contribution is -2.37. The summed E-state index contributed by atoms with van der Waals surface area (Å²) in [5.74, 6) is -0.0182. The first-order chi connectivity index (χ1) is 8.97. The summed E-state index contributed by atoms with van der Waals surface area (Å²) in [6.45, 7) is 8.89. The summed E-state index contributed by atoms with van der Waals surface area (Å²) in [5, 5.41) is 14.2. The van der Waals surface area contributed by atoms with E-state index in [9.17, 15) is 9.59 Å². The van der Waals surface area contributed by atoms with Gasteiger partial charge in [-0.2, -0.15) is 0 Å². The van der Waals surface area contributed by atoms with Gasteiger partial charge in [0.1, 0.15) is 0 Å². The predicted octanol–water partition coefficient (Wildman–Crippen LogP) is 2.39. The van der Waals surface area contributed by atoms with Crippen LogP contribution in [0.5, 0.6) is 0 Å². The highest BCUT2D eigenvalue weighted by Gasteiger charge is 2.15. The lowest BCUT2D eigenvalue weighted by molar-refractivity contribution is -0.137. The van der Waals surface area contributed by atoms with Crippen LogP contribution in [-0.2, 0) is 4.79 Å². The van der Waals surface area contributed by atoms with E-state index >= 15 is 0 Å². The molecule has 0 saturated heterocycles. The van der Waals surface area contributed by atoms with Crippen LogP contribution in [0.25, 0.3) is 0 Å². The van der Waals surface area contributed by atoms with Gasteiger partial charge in [0.25, 0.3) is 0 Å². The number of urea groups is 1. The molecule has 110 valence electrons. The summed E-state index contributed by atoms with van der Waals surface area (Å²) in [6, 6.07) is -0.178. The van der Waals surface area contributed by atoms with E-state index < -0.39 is 5.97 Å². The molecular formula is C14H26N2O3. The number of rotatable bonds is 10. The second-order valence-corrected chi connectivity index (χ2v) is 4.99. The standard InChI is InChI=1S/C14H26N2O3/c1-4-5-9-15-14(19)16-10-8-12(11(2)3)6-7-13(17)18/h4,11-12H,1,5-10H2,2-3H3,(H,17,18)(H2,15,16,19). The molecule has 0 heterocycles. The van der Waals surface area contributed by atoms with E-state index in [2.05, 4.69) is 31.1 Å². The number of aliphatic carboxylic acids is 1. The van der Waals surface area contributed by atoms with E-state index in [1.807, 2.05) is 0 Å². The molecule has 0 aromatic carbocycles. The Morgan fingerprint density at radius 1 is 1.21 bits per heavy atom. The van der Waals surface area contributed by atoms with Crippen molar-refractivity contribution in [3.8, 4) is 0 Å². The minimum absolute atomic E-state index is 0.178. The maximum Gasteiger partial charge on any atom is 0.314 e. The van der Waals surface area contributed by atoms with Gasteiger partial charge in [-0.3, -0.25) is 4.79 Å². The van der Waals surface area contributed by atoms with Crippen LogP contribution in [0.2, 0.25) is 0 Å². The predicted molar refractivity (Wildman–Crippen MR) is 76.0 cm³/mol. The number of carbonyl (C=O) groups is 2. The third kappa shape index (κ3) is 10.1. The Morgan fingerprint density at radius 2 is 1.84 bits per heavy atom. The summed E-state index contributed by atoms with van der Waals surface area (Å²) in [7, 11) is 0. The first-order valence-corrected chi connectivity index (χ1v) is 6.81. The van der Waals surface area contributed by atoms with Crippen LogP contribution in [-0.4, -0.2) is 30.2 Å². The summed E-state index contributed by atoms with van der Waals surface area (Å²) in [6.07, 6.45) is 4.16. The molecule has 0 fully saturated rings. The molecule has 0 spiro atoms. The van der Waals surface area contributed by atoms with E-state index in [0.29, 0.717) is 31.3 Å². The minimum Gasteiger partial charge on any atom is -0.481 e. The van der Waals surface area contributed by atoms with Crippen LogP contribution in [0.1, 0.15) is 39.5 Å². The lowest BCUT2D eigenvalue weighted by Gasteiger charge is -2.20. The average molecular weight is 270 g/mol.